The van der Waals surface area contributed by atoms with Crippen molar-refractivity contribution >= 4 is 11.9 Å². The molecule has 4 heteroatoms. The van der Waals surface area contributed by atoms with Crippen LogP contribution in [0.25, 0.3) is 0 Å². The Hall–Kier alpha value is -1.06. The predicted octanol–water partition coefficient (Wildman–Crippen LogP) is 3.06. The van der Waals surface area contributed by atoms with Crippen molar-refractivity contribution in [2.45, 2.75) is 71.3 Å². The number of carboxylic acids is 1. The molecule has 2 aliphatic rings. The van der Waals surface area contributed by atoms with E-state index in [4.69, 9.17) is 0 Å². The van der Waals surface area contributed by atoms with E-state index in [9.17, 15) is 14.7 Å². The first-order chi connectivity index (χ1) is 9.54. The van der Waals surface area contributed by atoms with Crippen LogP contribution in [0.4, 0.5) is 0 Å². The van der Waals surface area contributed by atoms with Crippen LogP contribution in [-0.4, -0.2) is 34.5 Å². The van der Waals surface area contributed by atoms with Crippen LogP contribution >= 0.6 is 0 Å². The highest BCUT2D eigenvalue weighted by atomic mass is 16.4. The zero-order chi connectivity index (χ0) is 14.8. The molecule has 1 saturated heterocycles. The maximum atomic E-state index is 12.6. The van der Waals surface area contributed by atoms with Crippen LogP contribution < -0.4 is 0 Å². The molecule has 2 fully saturated rings. The van der Waals surface area contributed by atoms with Gasteiger partial charge in [0.2, 0.25) is 5.91 Å². The van der Waals surface area contributed by atoms with E-state index in [-0.39, 0.29) is 12.3 Å². The Morgan fingerprint density at radius 2 is 1.80 bits per heavy atom. The van der Waals surface area contributed by atoms with Gasteiger partial charge in [-0.15, -0.1) is 0 Å². The molecule has 2 atom stereocenters. The van der Waals surface area contributed by atoms with E-state index in [1.807, 2.05) is 18.7 Å². The monoisotopic (exact) mass is 281 g/mol. The molecule has 0 spiro atoms. The first-order valence-corrected chi connectivity index (χ1v) is 8.07. The highest BCUT2D eigenvalue weighted by Crippen LogP contribution is 2.38. The summed E-state index contributed by atoms with van der Waals surface area (Å²) in [6.07, 6.45) is 7.14. The highest BCUT2D eigenvalue weighted by Gasteiger charge is 2.43. The number of fused-ring (bicyclic) bond motifs is 1. The topological polar surface area (TPSA) is 57.6 Å². The Bertz CT molecular complexity index is 376. The number of amides is 1. The number of hydrogen-bond donors (Lipinski definition) is 1. The molecular formula is C16H27NO3. The van der Waals surface area contributed by atoms with Crippen molar-refractivity contribution < 1.29 is 14.7 Å². The normalized spacial score (nSPS) is 26.4. The third kappa shape index (κ3) is 2.70. The van der Waals surface area contributed by atoms with E-state index >= 15 is 0 Å². The van der Waals surface area contributed by atoms with Gasteiger partial charge >= 0.3 is 5.97 Å². The standard InChI is InChI=1S/C16H27NO3/c1-3-16(4-2,15(19)20)11-14(18)17-10-9-12-7-5-6-8-13(12)17/h12-13H,3-11H2,1-2H3,(H,19,20). The molecule has 2 unspecified atom stereocenters. The summed E-state index contributed by atoms with van der Waals surface area (Å²) in [6.45, 7) is 4.58. The van der Waals surface area contributed by atoms with Crippen LogP contribution in [0.2, 0.25) is 0 Å². The van der Waals surface area contributed by atoms with Gasteiger partial charge < -0.3 is 10.0 Å². The van der Waals surface area contributed by atoms with E-state index in [1.165, 1.54) is 19.3 Å². The fraction of sp³-hybridized carbons (Fsp3) is 0.875. The molecule has 1 saturated carbocycles. The molecule has 1 aliphatic carbocycles. The van der Waals surface area contributed by atoms with Gasteiger partial charge in [0, 0.05) is 19.0 Å². The molecule has 20 heavy (non-hydrogen) atoms. The Kier molecular flexibility index (Phi) is 4.71. The maximum Gasteiger partial charge on any atom is 0.310 e. The lowest BCUT2D eigenvalue weighted by atomic mass is 9.78. The number of aliphatic carboxylic acids is 1. The average Bonchev–Trinajstić information content (AvgIpc) is 2.88. The maximum absolute atomic E-state index is 12.6. The molecule has 2 rings (SSSR count). The molecule has 1 heterocycles. The van der Waals surface area contributed by atoms with Crippen LogP contribution in [0.5, 0.6) is 0 Å². The van der Waals surface area contributed by atoms with Crippen molar-refractivity contribution in [2.24, 2.45) is 11.3 Å². The van der Waals surface area contributed by atoms with Crippen LogP contribution in [-0.2, 0) is 9.59 Å². The Labute approximate surface area is 121 Å². The summed E-state index contributed by atoms with van der Waals surface area (Å²) in [4.78, 5) is 26.1. The molecule has 1 aliphatic heterocycles. The van der Waals surface area contributed by atoms with Gasteiger partial charge in [-0.25, -0.2) is 0 Å². The molecule has 0 aromatic carbocycles. The molecule has 0 radical (unpaired) electrons. The second-order valence-corrected chi connectivity index (χ2v) is 6.46. The van der Waals surface area contributed by atoms with Crippen molar-refractivity contribution in [2.75, 3.05) is 6.54 Å². The first-order valence-electron chi connectivity index (χ1n) is 8.07. The number of hydrogen-bond acceptors (Lipinski definition) is 2. The molecular weight excluding hydrogens is 254 g/mol. The second kappa shape index (κ2) is 6.15. The van der Waals surface area contributed by atoms with Crippen molar-refractivity contribution in [3.8, 4) is 0 Å². The molecule has 0 aromatic rings. The number of carbonyl (C=O) groups excluding carboxylic acids is 1. The largest absolute Gasteiger partial charge is 0.481 e. The molecule has 0 bridgehead atoms. The molecule has 1 N–H and O–H groups in total. The number of rotatable bonds is 5. The van der Waals surface area contributed by atoms with Crippen molar-refractivity contribution in [3.63, 3.8) is 0 Å². The van der Waals surface area contributed by atoms with Gasteiger partial charge in [0.15, 0.2) is 0 Å². The summed E-state index contributed by atoms with van der Waals surface area (Å²) in [5, 5.41) is 9.48. The first kappa shape index (κ1) is 15.3. The van der Waals surface area contributed by atoms with Crippen LogP contribution in [0.3, 0.4) is 0 Å². The van der Waals surface area contributed by atoms with Crippen molar-refractivity contribution in [1.29, 1.82) is 0 Å². The minimum Gasteiger partial charge on any atom is -0.481 e. The summed E-state index contributed by atoms with van der Waals surface area (Å²) in [6, 6.07) is 0.386. The van der Waals surface area contributed by atoms with E-state index in [0.29, 0.717) is 24.8 Å². The second-order valence-electron chi connectivity index (χ2n) is 6.46. The zero-order valence-corrected chi connectivity index (χ0v) is 12.7. The Balaban J connectivity index is 2.06. The fourth-order valence-electron chi connectivity index (χ4n) is 3.98. The van der Waals surface area contributed by atoms with Crippen LogP contribution in [0.15, 0.2) is 0 Å². The van der Waals surface area contributed by atoms with Gasteiger partial charge in [-0.1, -0.05) is 26.7 Å². The molecule has 114 valence electrons. The fourth-order valence-corrected chi connectivity index (χ4v) is 3.98. The van der Waals surface area contributed by atoms with Crippen LogP contribution in [0.1, 0.15) is 65.2 Å². The summed E-state index contributed by atoms with van der Waals surface area (Å²) < 4.78 is 0. The van der Waals surface area contributed by atoms with E-state index in [0.717, 1.165) is 19.4 Å². The lowest BCUT2D eigenvalue weighted by Gasteiger charge is -2.34. The number of carbonyl (C=O) groups is 2. The summed E-state index contributed by atoms with van der Waals surface area (Å²) in [5.74, 6) is -0.101. The summed E-state index contributed by atoms with van der Waals surface area (Å²) >= 11 is 0. The van der Waals surface area contributed by atoms with Gasteiger partial charge in [-0.05, 0) is 38.0 Å². The summed E-state index contributed by atoms with van der Waals surface area (Å²) in [7, 11) is 0. The molecule has 0 aromatic heterocycles. The van der Waals surface area contributed by atoms with Gasteiger partial charge in [0.05, 0.1) is 5.41 Å². The van der Waals surface area contributed by atoms with E-state index < -0.39 is 11.4 Å². The minimum atomic E-state index is -0.871. The third-order valence-corrected chi connectivity index (χ3v) is 5.63. The SMILES string of the molecule is CCC(CC)(CC(=O)N1CCC2CCCCC21)C(=O)O. The molecule has 1 amide bonds. The Morgan fingerprint density at radius 3 is 2.40 bits per heavy atom. The third-order valence-electron chi connectivity index (χ3n) is 5.63. The van der Waals surface area contributed by atoms with Crippen LogP contribution in [0, 0.1) is 11.3 Å². The van der Waals surface area contributed by atoms with Crippen molar-refractivity contribution in [1.82, 2.24) is 4.90 Å². The lowest BCUT2D eigenvalue weighted by molar-refractivity contribution is -0.154. The quantitative estimate of drug-likeness (QED) is 0.842. The number of likely N-dealkylation sites (tertiary alicyclic amines) is 1. The van der Waals surface area contributed by atoms with Gasteiger partial charge in [-0.3, -0.25) is 9.59 Å². The zero-order valence-electron chi connectivity index (χ0n) is 12.7. The Morgan fingerprint density at radius 1 is 1.15 bits per heavy atom. The smallest absolute Gasteiger partial charge is 0.310 e. The average molecular weight is 281 g/mol. The minimum absolute atomic E-state index is 0.0606. The number of carboxylic acid groups (broad SMARTS) is 1. The van der Waals surface area contributed by atoms with Gasteiger partial charge in [0.25, 0.3) is 0 Å². The lowest BCUT2D eigenvalue weighted by Crippen LogP contribution is -2.43. The van der Waals surface area contributed by atoms with E-state index in [2.05, 4.69) is 0 Å². The predicted molar refractivity (Wildman–Crippen MR) is 77.3 cm³/mol. The van der Waals surface area contributed by atoms with Gasteiger partial charge in [-0.2, -0.15) is 0 Å². The highest BCUT2D eigenvalue weighted by molar-refractivity contribution is 5.85. The van der Waals surface area contributed by atoms with Gasteiger partial charge in [0.1, 0.15) is 0 Å². The summed E-state index contributed by atoms with van der Waals surface area (Å²) in [5.41, 5.74) is -0.871. The van der Waals surface area contributed by atoms with E-state index in [1.54, 1.807) is 0 Å². The number of nitrogens with zero attached hydrogens (tertiary/aromatic N) is 1. The van der Waals surface area contributed by atoms with Crippen molar-refractivity contribution in [3.05, 3.63) is 0 Å². The molecule has 4 nitrogen and oxygen atoms in total.